The van der Waals surface area contributed by atoms with Crippen molar-refractivity contribution in [1.82, 2.24) is 15.2 Å². The summed E-state index contributed by atoms with van der Waals surface area (Å²) in [4.78, 5) is 21.9. The molecule has 2 aliphatic heterocycles. The summed E-state index contributed by atoms with van der Waals surface area (Å²) in [6, 6.07) is 20.5. The van der Waals surface area contributed by atoms with Gasteiger partial charge in [0.15, 0.2) is 5.76 Å². The van der Waals surface area contributed by atoms with Crippen molar-refractivity contribution in [3.63, 3.8) is 0 Å². The fourth-order valence-corrected chi connectivity index (χ4v) is 5.49. The zero-order valence-corrected chi connectivity index (χ0v) is 21.8. The Morgan fingerprint density at radius 2 is 1.89 bits per heavy atom. The molecule has 0 bridgehead atoms. The van der Waals surface area contributed by atoms with Crippen LogP contribution in [-0.2, 0) is 6.54 Å². The lowest BCUT2D eigenvalue weighted by molar-refractivity contribution is 0.0912. The van der Waals surface area contributed by atoms with Crippen LogP contribution in [0, 0.1) is 6.92 Å². The average Bonchev–Trinajstić information content (AvgIpc) is 3.57. The number of furan rings is 1. The van der Waals surface area contributed by atoms with E-state index in [0.29, 0.717) is 11.3 Å². The minimum absolute atomic E-state index is 0.108. The number of likely N-dealkylation sites (tertiary alicyclic amines) is 1. The van der Waals surface area contributed by atoms with E-state index in [1.807, 2.05) is 36.5 Å². The molecule has 0 radical (unpaired) electrons. The molecule has 7 nitrogen and oxygen atoms in total. The number of aryl methyl sites for hydroxylation is 1. The molecule has 1 amide bonds. The summed E-state index contributed by atoms with van der Waals surface area (Å²) in [5, 5.41) is 4.03. The Morgan fingerprint density at radius 3 is 2.68 bits per heavy atom. The number of anilines is 1. The molecular formula is C31H34N4O3. The van der Waals surface area contributed by atoms with Crippen molar-refractivity contribution in [1.29, 1.82) is 0 Å². The summed E-state index contributed by atoms with van der Waals surface area (Å²) in [6.07, 6.45) is 6.74. The number of fused-ring (bicyclic) bond motifs is 1. The summed E-state index contributed by atoms with van der Waals surface area (Å²) in [5.74, 6) is 0.996. The van der Waals surface area contributed by atoms with Gasteiger partial charge in [0.2, 0.25) is 0 Å². The standard InChI is InChI=1S/C31H34N4O3/c1-22-4-6-26(7-5-22)35-15-11-27(12-16-35)37-28-8-9-29-24(17-28)18-30(38-29)31(36)33-25-10-14-34(21-25)20-23-3-2-13-32-19-23/h2-9,13,17-19,25,27H,10-12,14-16,20-21H2,1H3,(H,33,36)/t25-/m1/s1. The molecule has 2 aromatic heterocycles. The summed E-state index contributed by atoms with van der Waals surface area (Å²) < 4.78 is 12.2. The molecule has 0 aliphatic carbocycles. The first-order valence-electron chi connectivity index (χ1n) is 13.5. The van der Waals surface area contributed by atoms with Crippen molar-refractivity contribution < 1.29 is 13.9 Å². The van der Waals surface area contributed by atoms with Crippen LogP contribution in [0.1, 0.15) is 40.9 Å². The highest BCUT2D eigenvalue weighted by Gasteiger charge is 2.26. The number of ether oxygens (including phenoxy) is 1. The SMILES string of the molecule is Cc1ccc(N2CCC(Oc3ccc4oc(C(=O)N[C@@H]5CCN(Cc6cccnc6)C5)cc4c3)CC2)cc1. The van der Waals surface area contributed by atoms with Gasteiger partial charge in [-0.05, 0) is 61.4 Å². The maximum Gasteiger partial charge on any atom is 0.287 e. The topological polar surface area (TPSA) is 70.8 Å². The molecule has 2 aromatic carbocycles. The van der Waals surface area contributed by atoms with Crippen molar-refractivity contribution in [3.8, 4) is 5.75 Å². The van der Waals surface area contributed by atoms with Gasteiger partial charge < -0.3 is 19.4 Å². The van der Waals surface area contributed by atoms with Gasteiger partial charge in [0.1, 0.15) is 17.4 Å². The number of hydrogen-bond acceptors (Lipinski definition) is 6. The number of amides is 1. The Labute approximate surface area is 223 Å². The van der Waals surface area contributed by atoms with E-state index in [0.717, 1.165) is 63.1 Å². The minimum atomic E-state index is -0.166. The molecule has 6 rings (SSSR count). The predicted octanol–water partition coefficient (Wildman–Crippen LogP) is 5.19. The number of hydrogen-bond donors (Lipinski definition) is 1. The van der Waals surface area contributed by atoms with E-state index in [1.165, 1.54) is 16.8 Å². The van der Waals surface area contributed by atoms with E-state index in [9.17, 15) is 4.79 Å². The van der Waals surface area contributed by atoms with Crippen LogP contribution in [-0.4, -0.2) is 54.1 Å². The number of benzene rings is 2. The smallest absolute Gasteiger partial charge is 0.287 e. The van der Waals surface area contributed by atoms with Gasteiger partial charge in [0.05, 0.1) is 0 Å². The highest BCUT2D eigenvalue weighted by atomic mass is 16.5. The second kappa shape index (κ2) is 10.9. The monoisotopic (exact) mass is 510 g/mol. The number of carbonyl (C=O) groups is 1. The molecule has 4 aromatic rings. The largest absolute Gasteiger partial charge is 0.490 e. The van der Waals surface area contributed by atoms with Crippen molar-refractivity contribution in [3.05, 3.63) is 89.9 Å². The van der Waals surface area contributed by atoms with Crippen molar-refractivity contribution in [2.24, 2.45) is 0 Å². The molecule has 1 N–H and O–H groups in total. The summed E-state index contributed by atoms with van der Waals surface area (Å²) in [7, 11) is 0. The third-order valence-electron chi connectivity index (χ3n) is 7.59. The van der Waals surface area contributed by atoms with Gasteiger partial charge in [0.25, 0.3) is 5.91 Å². The Balaban J connectivity index is 1.02. The molecule has 4 heterocycles. The van der Waals surface area contributed by atoms with Crippen LogP contribution in [0.4, 0.5) is 5.69 Å². The quantitative estimate of drug-likeness (QED) is 0.369. The fraction of sp³-hybridized carbons (Fsp3) is 0.355. The van der Waals surface area contributed by atoms with E-state index < -0.39 is 0 Å². The first-order valence-corrected chi connectivity index (χ1v) is 13.5. The van der Waals surface area contributed by atoms with E-state index in [1.54, 1.807) is 6.20 Å². The van der Waals surface area contributed by atoms with Crippen molar-refractivity contribution in [2.75, 3.05) is 31.1 Å². The van der Waals surface area contributed by atoms with Gasteiger partial charge in [-0.25, -0.2) is 0 Å². The van der Waals surface area contributed by atoms with Crippen LogP contribution in [0.3, 0.4) is 0 Å². The van der Waals surface area contributed by atoms with Gasteiger partial charge in [-0.15, -0.1) is 0 Å². The first kappa shape index (κ1) is 24.5. The molecular weight excluding hydrogens is 476 g/mol. The third-order valence-corrected chi connectivity index (χ3v) is 7.59. The van der Waals surface area contributed by atoms with Crippen LogP contribution in [0.25, 0.3) is 11.0 Å². The molecule has 0 saturated carbocycles. The molecule has 0 unspecified atom stereocenters. The number of pyridine rings is 1. The van der Waals surface area contributed by atoms with Gasteiger partial charge >= 0.3 is 0 Å². The van der Waals surface area contributed by atoms with Gasteiger partial charge in [0, 0.05) is 75.1 Å². The molecule has 2 aliphatic rings. The lowest BCUT2D eigenvalue weighted by Gasteiger charge is -2.33. The lowest BCUT2D eigenvalue weighted by atomic mass is 10.1. The zero-order chi connectivity index (χ0) is 25.9. The van der Waals surface area contributed by atoms with Crippen LogP contribution >= 0.6 is 0 Å². The summed E-state index contributed by atoms with van der Waals surface area (Å²) in [5.41, 5.74) is 4.44. The number of piperidine rings is 1. The molecule has 2 saturated heterocycles. The van der Waals surface area contributed by atoms with Gasteiger partial charge in [-0.3, -0.25) is 14.7 Å². The second-order valence-corrected chi connectivity index (χ2v) is 10.5. The molecule has 196 valence electrons. The number of nitrogens with one attached hydrogen (secondary N) is 1. The highest BCUT2D eigenvalue weighted by Crippen LogP contribution is 2.28. The van der Waals surface area contributed by atoms with Gasteiger partial charge in [-0.1, -0.05) is 23.8 Å². The Hall–Kier alpha value is -3.84. The van der Waals surface area contributed by atoms with Crippen molar-refractivity contribution >= 4 is 22.6 Å². The maximum atomic E-state index is 12.9. The lowest BCUT2D eigenvalue weighted by Crippen LogP contribution is -2.38. The molecule has 1 atom stereocenters. The average molecular weight is 511 g/mol. The zero-order valence-electron chi connectivity index (χ0n) is 21.8. The number of rotatable bonds is 7. The van der Waals surface area contributed by atoms with E-state index in [4.69, 9.17) is 9.15 Å². The number of carbonyl (C=O) groups excluding carboxylic acids is 1. The van der Waals surface area contributed by atoms with E-state index in [2.05, 4.69) is 57.4 Å². The van der Waals surface area contributed by atoms with Crippen molar-refractivity contribution in [2.45, 2.75) is 44.9 Å². The van der Waals surface area contributed by atoms with Crippen LogP contribution in [0.15, 0.2) is 77.5 Å². The highest BCUT2D eigenvalue weighted by molar-refractivity contribution is 5.96. The van der Waals surface area contributed by atoms with Crippen LogP contribution in [0.2, 0.25) is 0 Å². The van der Waals surface area contributed by atoms with Gasteiger partial charge in [-0.2, -0.15) is 0 Å². The summed E-state index contributed by atoms with van der Waals surface area (Å²) >= 11 is 0. The second-order valence-electron chi connectivity index (χ2n) is 10.5. The molecule has 2 fully saturated rings. The van der Waals surface area contributed by atoms with Crippen LogP contribution in [0.5, 0.6) is 5.75 Å². The predicted molar refractivity (Wildman–Crippen MR) is 149 cm³/mol. The Bertz CT molecular complexity index is 1380. The fourth-order valence-electron chi connectivity index (χ4n) is 5.49. The third kappa shape index (κ3) is 5.68. The van der Waals surface area contributed by atoms with E-state index in [-0.39, 0.29) is 18.1 Å². The number of nitrogens with zero attached hydrogens (tertiary/aromatic N) is 3. The minimum Gasteiger partial charge on any atom is -0.490 e. The van der Waals surface area contributed by atoms with E-state index >= 15 is 0 Å². The normalized spacial score (nSPS) is 18.7. The number of aromatic nitrogens is 1. The molecule has 0 spiro atoms. The van der Waals surface area contributed by atoms with Crippen LogP contribution < -0.4 is 15.0 Å². The summed E-state index contributed by atoms with van der Waals surface area (Å²) in [6.45, 7) is 6.69. The molecule has 38 heavy (non-hydrogen) atoms. The first-order chi connectivity index (χ1) is 18.6. The molecule has 7 heteroatoms. The Kier molecular flexibility index (Phi) is 7.01. The Morgan fingerprint density at radius 1 is 1.05 bits per heavy atom. The maximum absolute atomic E-state index is 12.9.